The summed E-state index contributed by atoms with van der Waals surface area (Å²) in [5, 5.41) is 3.10. The third-order valence-electron chi connectivity index (χ3n) is 5.57. The van der Waals surface area contributed by atoms with Gasteiger partial charge in [0.15, 0.2) is 0 Å². The van der Waals surface area contributed by atoms with E-state index in [9.17, 15) is 13.2 Å². The van der Waals surface area contributed by atoms with Gasteiger partial charge < -0.3 is 10.1 Å². The molecule has 7 nitrogen and oxygen atoms in total. The minimum Gasteiger partial charge on any atom is -0.495 e. The Labute approximate surface area is 195 Å². The molecule has 32 heavy (non-hydrogen) atoms. The van der Waals surface area contributed by atoms with E-state index >= 15 is 0 Å². The van der Waals surface area contributed by atoms with Gasteiger partial charge in [-0.05, 0) is 62.2 Å². The molecule has 1 heterocycles. The number of hydrogen-bond donors (Lipinski definition) is 1. The smallest absolute Gasteiger partial charge is 0.243 e. The van der Waals surface area contributed by atoms with E-state index in [0.717, 1.165) is 35.8 Å². The fourth-order valence-electron chi connectivity index (χ4n) is 3.90. The number of ether oxygens (including phenoxy) is 1. The van der Waals surface area contributed by atoms with Crippen molar-refractivity contribution in [2.45, 2.75) is 38.9 Å². The largest absolute Gasteiger partial charge is 0.495 e. The number of nitrogens with one attached hydrogen (secondary N) is 1. The molecule has 174 valence electrons. The zero-order chi connectivity index (χ0) is 23.3. The van der Waals surface area contributed by atoms with E-state index in [0.29, 0.717) is 18.0 Å². The first-order chi connectivity index (χ1) is 15.2. The summed E-state index contributed by atoms with van der Waals surface area (Å²) in [5.74, 6) is 0.0256. The van der Waals surface area contributed by atoms with Gasteiger partial charge in [-0.1, -0.05) is 35.9 Å². The van der Waals surface area contributed by atoms with Crippen molar-refractivity contribution in [2.24, 2.45) is 0 Å². The second-order valence-corrected chi connectivity index (χ2v) is 10.3. The number of halogens is 1. The maximum Gasteiger partial charge on any atom is 0.243 e. The summed E-state index contributed by atoms with van der Waals surface area (Å²) in [6.07, 6.45) is 3.58. The van der Waals surface area contributed by atoms with Gasteiger partial charge in [-0.3, -0.25) is 14.0 Å². The summed E-state index contributed by atoms with van der Waals surface area (Å²) in [6, 6.07) is 11.8. The first-order valence-electron chi connectivity index (χ1n) is 10.6. The second-order valence-electron chi connectivity index (χ2n) is 8.07. The minimum atomic E-state index is -3.73. The van der Waals surface area contributed by atoms with E-state index in [1.54, 1.807) is 19.1 Å². The number of nitrogens with zero attached hydrogens (tertiary/aromatic N) is 2. The summed E-state index contributed by atoms with van der Waals surface area (Å²) in [7, 11) is -2.25. The van der Waals surface area contributed by atoms with Crippen LogP contribution in [0.15, 0.2) is 42.5 Å². The SMILES string of the molecule is COc1ccc(N([C@@H](C)C(=O)NCc2ccc(CN3CCCC3)cc2)S(C)(=O)=O)cc1Cl. The van der Waals surface area contributed by atoms with Gasteiger partial charge in [0.25, 0.3) is 0 Å². The Balaban J connectivity index is 1.65. The molecule has 0 unspecified atom stereocenters. The summed E-state index contributed by atoms with van der Waals surface area (Å²) in [6.45, 7) is 5.09. The number of benzene rings is 2. The number of methoxy groups -OCH3 is 1. The third-order valence-corrected chi connectivity index (χ3v) is 7.11. The third kappa shape index (κ3) is 6.15. The van der Waals surface area contributed by atoms with Crippen LogP contribution in [0.25, 0.3) is 0 Å². The zero-order valence-electron chi connectivity index (χ0n) is 18.7. The maximum absolute atomic E-state index is 12.8. The molecule has 0 bridgehead atoms. The molecule has 1 aliphatic heterocycles. The van der Waals surface area contributed by atoms with E-state index in [-0.39, 0.29) is 5.02 Å². The van der Waals surface area contributed by atoms with Crippen molar-refractivity contribution in [3.05, 3.63) is 58.6 Å². The molecule has 0 saturated carbocycles. The Morgan fingerprint density at radius 2 is 1.78 bits per heavy atom. The van der Waals surface area contributed by atoms with Crippen molar-refractivity contribution >= 4 is 33.2 Å². The molecule has 0 aromatic heterocycles. The molecule has 1 N–H and O–H groups in total. The number of likely N-dealkylation sites (tertiary alicyclic amines) is 1. The van der Waals surface area contributed by atoms with Gasteiger partial charge in [0.2, 0.25) is 15.9 Å². The van der Waals surface area contributed by atoms with E-state index < -0.39 is 22.0 Å². The molecule has 0 spiro atoms. The van der Waals surface area contributed by atoms with Crippen molar-refractivity contribution in [1.29, 1.82) is 0 Å². The van der Waals surface area contributed by atoms with Crippen molar-refractivity contribution in [2.75, 3.05) is 30.8 Å². The molecule has 1 fully saturated rings. The number of rotatable bonds is 9. The van der Waals surface area contributed by atoms with E-state index in [4.69, 9.17) is 16.3 Å². The van der Waals surface area contributed by atoms with Crippen LogP contribution in [0.3, 0.4) is 0 Å². The quantitative estimate of drug-likeness (QED) is 0.596. The average Bonchev–Trinajstić information content (AvgIpc) is 3.25. The van der Waals surface area contributed by atoms with Crippen LogP contribution >= 0.6 is 11.6 Å². The first kappa shape index (κ1) is 24.4. The van der Waals surface area contributed by atoms with Gasteiger partial charge in [-0.2, -0.15) is 0 Å². The van der Waals surface area contributed by atoms with Crippen molar-refractivity contribution < 1.29 is 17.9 Å². The van der Waals surface area contributed by atoms with E-state index in [2.05, 4.69) is 22.3 Å². The fraction of sp³-hybridized carbons (Fsp3) is 0.435. The summed E-state index contributed by atoms with van der Waals surface area (Å²) < 4.78 is 31.1. The molecule has 2 aromatic carbocycles. The lowest BCUT2D eigenvalue weighted by Crippen LogP contribution is -2.47. The van der Waals surface area contributed by atoms with Crippen LogP contribution in [-0.4, -0.2) is 51.7 Å². The number of carbonyl (C=O) groups excluding carboxylic acids is 1. The first-order valence-corrected chi connectivity index (χ1v) is 12.8. The molecular weight excluding hydrogens is 450 g/mol. The number of amides is 1. The number of sulfonamides is 1. The lowest BCUT2D eigenvalue weighted by molar-refractivity contribution is -0.122. The summed E-state index contributed by atoms with van der Waals surface area (Å²) in [4.78, 5) is 15.2. The van der Waals surface area contributed by atoms with Gasteiger partial charge >= 0.3 is 0 Å². The molecule has 0 radical (unpaired) electrons. The number of anilines is 1. The van der Waals surface area contributed by atoms with Crippen LogP contribution in [0.5, 0.6) is 5.75 Å². The highest BCUT2D eigenvalue weighted by molar-refractivity contribution is 7.92. The average molecular weight is 480 g/mol. The molecule has 1 saturated heterocycles. The van der Waals surface area contributed by atoms with Gasteiger partial charge in [0.1, 0.15) is 11.8 Å². The monoisotopic (exact) mass is 479 g/mol. The standard InChI is InChI=1S/C23H30ClN3O4S/c1-17(27(32(3,29)30)20-10-11-22(31-2)21(24)14-20)23(28)25-15-18-6-8-19(9-7-18)16-26-12-4-5-13-26/h6-11,14,17H,4-5,12-13,15-16H2,1-3H3,(H,25,28)/t17-/m0/s1. The topological polar surface area (TPSA) is 79.0 Å². The highest BCUT2D eigenvalue weighted by Gasteiger charge is 2.29. The van der Waals surface area contributed by atoms with Crippen LogP contribution in [0.4, 0.5) is 5.69 Å². The summed E-state index contributed by atoms with van der Waals surface area (Å²) >= 11 is 6.17. The Morgan fingerprint density at radius 3 is 2.34 bits per heavy atom. The number of carbonyl (C=O) groups is 1. The molecule has 1 aliphatic rings. The van der Waals surface area contributed by atoms with Gasteiger partial charge in [0, 0.05) is 13.1 Å². The maximum atomic E-state index is 12.8. The highest BCUT2D eigenvalue weighted by Crippen LogP contribution is 2.31. The molecule has 0 aliphatic carbocycles. The Hall–Kier alpha value is -2.29. The van der Waals surface area contributed by atoms with Crippen molar-refractivity contribution in [3.63, 3.8) is 0 Å². The zero-order valence-corrected chi connectivity index (χ0v) is 20.2. The van der Waals surface area contributed by atoms with Crippen LogP contribution in [0, 0.1) is 0 Å². The summed E-state index contributed by atoms with van der Waals surface area (Å²) in [5.41, 5.74) is 2.50. The lowest BCUT2D eigenvalue weighted by atomic mass is 10.1. The van der Waals surface area contributed by atoms with Gasteiger partial charge in [0.05, 0.1) is 24.1 Å². The fourth-order valence-corrected chi connectivity index (χ4v) is 5.32. The molecule has 2 aromatic rings. The Kier molecular flexibility index (Phi) is 8.03. The van der Waals surface area contributed by atoms with Crippen molar-refractivity contribution in [3.8, 4) is 5.75 Å². The second kappa shape index (κ2) is 10.6. The molecule has 1 atom stereocenters. The predicted molar refractivity (Wildman–Crippen MR) is 128 cm³/mol. The minimum absolute atomic E-state index is 0.264. The highest BCUT2D eigenvalue weighted by atomic mass is 35.5. The van der Waals surface area contributed by atoms with Gasteiger partial charge in [-0.15, -0.1) is 0 Å². The van der Waals surface area contributed by atoms with Crippen LogP contribution in [-0.2, 0) is 27.9 Å². The van der Waals surface area contributed by atoms with Gasteiger partial charge in [-0.25, -0.2) is 8.42 Å². The van der Waals surface area contributed by atoms with E-state index in [1.165, 1.54) is 31.6 Å². The Morgan fingerprint density at radius 1 is 1.16 bits per heavy atom. The normalized spacial score (nSPS) is 15.4. The molecule has 1 amide bonds. The van der Waals surface area contributed by atoms with Crippen LogP contribution in [0.2, 0.25) is 5.02 Å². The number of hydrogen-bond acceptors (Lipinski definition) is 5. The molecule has 9 heteroatoms. The van der Waals surface area contributed by atoms with E-state index in [1.807, 2.05) is 12.1 Å². The Bertz CT molecular complexity index is 1040. The van der Waals surface area contributed by atoms with Crippen molar-refractivity contribution in [1.82, 2.24) is 10.2 Å². The molecular formula is C23H30ClN3O4S. The lowest BCUT2D eigenvalue weighted by Gasteiger charge is -2.28. The van der Waals surface area contributed by atoms with Crippen LogP contribution < -0.4 is 14.4 Å². The van der Waals surface area contributed by atoms with Crippen LogP contribution in [0.1, 0.15) is 30.9 Å². The molecule has 3 rings (SSSR count). The predicted octanol–water partition coefficient (Wildman–Crippen LogP) is 3.42.